The number of halogens is 4. The molecule has 0 radical (unpaired) electrons. The summed E-state index contributed by atoms with van der Waals surface area (Å²) in [5, 5.41) is 0.532. The van der Waals surface area contributed by atoms with E-state index in [0.717, 1.165) is 11.2 Å². The molecule has 0 aliphatic carbocycles. The first kappa shape index (κ1) is 17.1. The number of alkyl halides is 2. The van der Waals surface area contributed by atoms with Gasteiger partial charge < -0.3 is 9.47 Å². The van der Waals surface area contributed by atoms with Crippen molar-refractivity contribution in [1.82, 2.24) is 14.5 Å². The quantitative estimate of drug-likeness (QED) is 0.670. The molecule has 3 aromatic rings. The van der Waals surface area contributed by atoms with Gasteiger partial charge in [0.1, 0.15) is 5.82 Å². The smallest absolute Gasteiger partial charge is 0.251 e. The summed E-state index contributed by atoms with van der Waals surface area (Å²) in [6, 6.07) is 7.90. The monoisotopic (exact) mass is 380 g/mol. The number of benzene rings is 1. The number of fused-ring (bicyclic) bond motifs is 1. The molecular weight excluding hydrogens is 365 g/mol. The molecule has 1 fully saturated rings. The molecule has 2 aromatic heterocycles. The second-order valence-corrected chi connectivity index (χ2v) is 6.88. The topological polar surface area (TPSA) is 34.0 Å². The average molecular weight is 381 g/mol. The lowest BCUT2D eigenvalue weighted by Gasteiger charge is -2.32. The summed E-state index contributed by atoms with van der Waals surface area (Å²) in [6.07, 6.45) is 1.12. The van der Waals surface area contributed by atoms with Crippen molar-refractivity contribution in [3.8, 4) is 0 Å². The van der Waals surface area contributed by atoms with Gasteiger partial charge in [0, 0.05) is 38.2 Å². The Morgan fingerprint density at radius 3 is 2.58 bits per heavy atom. The van der Waals surface area contributed by atoms with Crippen molar-refractivity contribution in [2.45, 2.75) is 25.3 Å². The molecule has 0 unspecified atom stereocenters. The molecule has 8 heteroatoms. The molecule has 26 heavy (non-hydrogen) atoms. The third-order valence-corrected chi connectivity index (χ3v) is 4.80. The zero-order chi connectivity index (χ0) is 18.3. The Hall–Kier alpha value is -2.28. The van der Waals surface area contributed by atoms with Crippen molar-refractivity contribution in [2.24, 2.45) is 0 Å². The highest BCUT2D eigenvalue weighted by Gasteiger charge is 2.35. The largest absolute Gasteiger partial charge is 0.342 e. The lowest BCUT2D eigenvalue weighted by molar-refractivity contribution is -0.0223. The number of aromatic nitrogens is 3. The normalized spacial score (nSPS) is 17.0. The zero-order valence-corrected chi connectivity index (χ0v) is 14.6. The predicted octanol–water partition coefficient (Wildman–Crippen LogP) is 4.51. The number of imidazole rings is 1. The Labute approximate surface area is 153 Å². The number of hydrogen-bond donors (Lipinski definition) is 0. The van der Waals surface area contributed by atoms with E-state index in [0.29, 0.717) is 23.0 Å². The van der Waals surface area contributed by atoms with Crippen molar-refractivity contribution >= 4 is 28.6 Å². The molecule has 3 heterocycles. The fourth-order valence-corrected chi connectivity index (χ4v) is 3.30. The fraction of sp³-hybridized carbons (Fsp3) is 0.333. The van der Waals surface area contributed by atoms with Crippen LogP contribution in [-0.2, 0) is 6.54 Å². The van der Waals surface area contributed by atoms with Gasteiger partial charge in [-0.05, 0) is 24.3 Å². The first-order valence-electron chi connectivity index (χ1n) is 8.30. The fourth-order valence-electron chi connectivity index (χ4n) is 3.18. The Bertz CT molecular complexity index is 930. The minimum atomic E-state index is -2.64. The maximum Gasteiger partial charge on any atom is 0.251 e. The zero-order valence-electron chi connectivity index (χ0n) is 13.8. The molecule has 136 valence electrons. The molecule has 4 rings (SSSR count). The second kappa shape index (κ2) is 6.46. The van der Waals surface area contributed by atoms with E-state index in [2.05, 4.69) is 9.97 Å². The van der Waals surface area contributed by atoms with Crippen LogP contribution in [0, 0.1) is 5.82 Å². The maximum atomic E-state index is 13.6. The van der Waals surface area contributed by atoms with Gasteiger partial charge in [-0.25, -0.2) is 18.2 Å². The van der Waals surface area contributed by atoms with Crippen LogP contribution in [0.25, 0.3) is 11.0 Å². The SMILES string of the molecule is Fc1ccc2c(c1)nc(N1CCC(F)(F)CC1)n2Cc1ccc(Cl)cn1. The first-order chi connectivity index (χ1) is 12.4. The van der Waals surface area contributed by atoms with Gasteiger partial charge in [-0.3, -0.25) is 4.98 Å². The van der Waals surface area contributed by atoms with Gasteiger partial charge >= 0.3 is 0 Å². The van der Waals surface area contributed by atoms with Crippen LogP contribution in [-0.4, -0.2) is 33.5 Å². The van der Waals surface area contributed by atoms with Crippen LogP contribution in [0.2, 0.25) is 5.02 Å². The maximum absolute atomic E-state index is 13.6. The van der Waals surface area contributed by atoms with Crippen molar-refractivity contribution in [3.05, 3.63) is 53.1 Å². The number of nitrogens with zero attached hydrogens (tertiary/aromatic N) is 4. The summed E-state index contributed by atoms with van der Waals surface area (Å²) >= 11 is 5.88. The molecule has 1 aromatic carbocycles. The highest BCUT2D eigenvalue weighted by molar-refractivity contribution is 6.30. The molecule has 0 bridgehead atoms. The van der Waals surface area contributed by atoms with Crippen LogP contribution in [0.5, 0.6) is 0 Å². The molecule has 4 nitrogen and oxygen atoms in total. The van der Waals surface area contributed by atoms with Crippen LogP contribution in [0.3, 0.4) is 0 Å². The summed E-state index contributed by atoms with van der Waals surface area (Å²) in [4.78, 5) is 10.6. The summed E-state index contributed by atoms with van der Waals surface area (Å²) in [7, 11) is 0. The molecule has 1 aliphatic heterocycles. The average Bonchev–Trinajstić information content (AvgIpc) is 2.94. The van der Waals surface area contributed by atoms with Gasteiger partial charge in [0.2, 0.25) is 5.95 Å². The summed E-state index contributed by atoms with van der Waals surface area (Å²) in [5.41, 5.74) is 1.98. The van der Waals surface area contributed by atoms with E-state index in [4.69, 9.17) is 11.6 Å². The van der Waals surface area contributed by atoms with Crippen molar-refractivity contribution in [1.29, 1.82) is 0 Å². The first-order valence-corrected chi connectivity index (χ1v) is 8.68. The number of anilines is 1. The highest BCUT2D eigenvalue weighted by Crippen LogP contribution is 2.32. The number of hydrogen-bond acceptors (Lipinski definition) is 3. The minimum Gasteiger partial charge on any atom is -0.342 e. The predicted molar refractivity (Wildman–Crippen MR) is 94.4 cm³/mol. The number of pyridine rings is 1. The van der Waals surface area contributed by atoms with E-state index < -0.39 is 5.92 Å². The van der Waals surface area contributed by atoms with Gasteiger partial charge in [-0.2, -0.15) is 0 Å². The highest BCUT2D eigenvalue weighted by atomic mass is 35.5. The lowest BCUT2D eigenvalue weighted by atomic mass is 10.1. The van der Waals surface area contributed by atoms with Crippen LogP contribution in [0.1, 0.15) is 18.5 Å². The Kier molecular flexibility index (Phi) is 4.26. The van der Waals surface area contributed by atoms with Crippen LogP contribution >= 0.6 is 11.6 Å². The van der Waals surface area contributed by atoms with Crippen LogP contribution in [0.4, 0.5) is 19.1 Å². The molecular formula is C18H16ClF3N4. The van der Waals surface area contributed by atoms with E-state index in [1.165, 1.54) is 12.1 Å². The van der Waals surface area contributed by atoms with E-state index >= 15 is 0 Å². The van der Waals surface area contributed by atoms with Gasteiger partial charge in [-0.15, -0.1) is 0 Å². The molecule has 0 amide bonds. The second-order valence-electron chi connectivity index (χ2n) is 6.44. The van der Waals surface area contributed by atoms with E-state index in [1.54, 1.807) is 24.4 Å². The van der Waals surface area contributed by atoms with Gasteiger partial charge in [0.15, 0.2) is 0 Å². The molecule has 0 atom stereocenters. The molecule has 0 saturated carbocycles. The number of piperidine rings is 1. The van der Waals surface area contributed by atoms with Crippen molar-refractivity contribution < 1.29 is 13.2 Å². The van der Waals surface area contributed by atoms with E-state index in [9.17, 15) is 13.2 Å². The van der Waals surface area contributed by atoms with Crippen LogP contribution in [0.15, 0.2) is 36.5 Å². The van der Waals surface area contributed by atoms with Gasteiger partial charge in [0.05, 0.1) is 28.3 Å². The third kappa shape index (κ3) is 3.35. The third-order valence-electron chi connectivity index (χ3n) is 4.58. The summed E-state index contributed by atoms with van der Waals surface area (Å²) in [5.74, 6) is -2.47. The van der Waals surface area contributed by atoms with E-state index in [-0.39, 0.29) is 31.7 Å². The Morgan fingerprint density at radius 1 is 1.12 bits per heavy atom. The van der Waals surface area contributed by atoms with Gasteiger partial charge in [0.25, 0.3) is 5.92 Å². The standard InChI is InChI=1S/C18H16ClF3N4/c19-12-1-3-14(23-10-12)11-26-16-4-2-13(20)9-15(16)24-17(26)25-7-5-18(21,22)6-8-25/h1-4,9-10H,5-8,11H2. The number of rotatable bonds is 3. The molecule has 1 aliphatic rings. The molecule has 0 spiro atoms. The van der Waals surface area contributed by atoms with Crippen molar-refractivity contribution in [2.75, 3.05) is 18.0 Å². The van der Waals surface area contributed by atoms with E-state index in [1.807, 2.05) is 9.47 Å². The Morgan fingerprint density at radius 2 is 1.88 bits per heavy atom. The summed E-state index contributed by atoms with van der Waals surface area (Å²) < 4.78 is 42.5. The minimum absolute atomic E-state index is 0.201. The van der Waals surface area contributed by atoms with Gasteiger partial charge in [-0.1, -0.05) is 11.6 Å². The van der Waals surface area contributed by atoms with Crippen molar-refractivity contribution in [3.63, 3.8) is 0 Å². The molecule has 1 saturated heterocycles. The Balaban J connectivity index is 1.74. The van der Waals surface area contributed by atoms with Crippen LogP contribution < -0.4 is 4.90 Å². The summed E-state index contributed by atoms with van der Waals surface area (Å²) in [6.45, 7) is 0.793. The molecule has 0 N–H and O–H groups in total. The lowest BCUT2D eigenvalue weighted by Crippen LogP contribution is -2.40.